The van der Waals surface area contributed by atoms with Gasteiger partial charge in [0.1, 0.15) is 0 Å². The number of rotatable bonds is 2. The van der Waals surface area contributed by atoms with Crippen molar-refractivity contribution in [3.63, 3.8) is 0 Å². The first-order chi connectivity index (χ1) is 7.20. The van der Waals surface area contributed by atoms with E-state index in [0.717, 1.165) is 11.0 Å². The minimum absolute atomic E-state index is 0.320. The number of carbonyl (C=O) groups excluding carboxylic acids is 1. The van der Waals surface area contributed by atoms with Crippen LogP contribution >= 0.6 is 12.2 Å². The Hall–Kier alpha value is -1.62. The number of fused-ring (bicyclic) bond motifs is 1. The molecule has 0 radical (unpaired) electrons. The quantitative estimate of drug-likeness (QED) is 0.606. The number of aromatic nitrogens is 2. The summed E-state index contributed by atoms with van der Waals surface area (Å²) >= 11 is 4.95. The summed E-state index contributed by atoms with van der Waals surface area (Å²) in [6.07, 6.45) is 0. The SMILES string of the molecule is CCOC(=O)c1ccc2[nH]c(=S)[nH]c2c1. The van der Waals surface area contributed by atoms with Gasteiger partial charge in [-0.3, -0.25) is 0 Å². The third-order valence-corrected chi connectivity index (χ3v) is 2.23. The largest absolute Gasteiger partial charge is 0.462 e. The summed E-state index contributed by atoms with van der Waals surface area (Å²) in [6.45, 7) is 2.15. The lowest BCUT2D eigenvalue weighted by atomic mass is 10.2. The van der Waals surface area contributed by atoms with E-state index < -0.39 is 0 Å². The first-order valence-corrected chi connectivity index (χ1v) is 5.00. The fourth-order valence-corrected chi connectivity index (χ4v) is 1.59. The summed E-state index contributed by atoms with van der Waals surface area (Å²) < 4.78 is 5.44. The average Bonchev–Trinajstić information content (AvgIpc) is 2.57. The molecule has 1 aromatic carbocycles. The van der Waals surface area contributed by atoms with Crippen molar-refractivity contribution in [2.45, 2.75) is 6.92 Å². The van der Waals surface area contributed by atoms with Crippen molar-refractivity contribution in [1.29, 1.82) is 0 Å². The minimum atomic E-state index is -0.320. The standard InChI is InChI=1S/C10H10N2O2S/c1-2-14-9(13)6-3-4-7-8(5-6)12-10(15)11-7/h3-5H,2H2,1H3,(H2,11,12,15). The van der Waals surface area contributed by atoms with Crippen LogP contribution in [-0.4, -0.2) is 22.5 Å². The Morgan fingerprint density at radius 2 is 2.13 bits per heavy atom. The number of nitrogens with one attached hydrogen (secondary N) is 2. The van der Waals surface area contributed by atoms with Crippen LogP contribution in [0.15, 0.2) is 18.2 Å². The molecule has 78 valence electrons. The second-order valence-electron chi connectivity index (χ2n) is 3.06. The van der Waals surface area contributed by atoms with Crippen LogP contribution in [0, 0.1) is 4.77 Å². The van der Waals surface area contributed by atoms with E-state index >= 15 is 0 Å². The van der Waals surface area contributed by atoms with Crippen LogP contribution in [0.3, 0.4) is 0 Å². The molecule has 0 saturated carbocycles. The molecule has 15 heavy (non-hydrogen) atoms. The molecule has 0 spiro atoms. The second-order valence-corrected chi connectivity index (χ2v) is 3.47. The molecule has 2 rings (SSSR count). The minimum Gasteiger partial charge on any atom is -0.462 e. The lowest BCUT2D eigenvalue weighted by Gasteiger charge is -2.00. The first kappa shape index (κ1) is 9.92. The van der Waals surface area contributed by atoms with Crippen LogP contribution in [0.5, 0.6) is 0 Å². The Morgan fingerprint density at radius 3 is 2.87 bits per heavy atom. The third kappa shape index (κ3) is 1.92. The van der Waals surface area contributed by atoms with Crippen LogP contribution in [0.25, 0.3) is 11.0 Å². The highest BCUT2D eigenvalue weighted by Crippen LogP contribution is 2.13. The highest BCUT2D eigenvalue weighted by Gasteiger charge is 2.07. The number of benzene rings is 1. The summed E-state index contributed by atoms with van der Waals surface area (Å²) in [6, 6.07) is 5.23. The smallest absolute Gasteiger partial charge is 0.338 e. The van der Waals surface area contributed by atoms with Crippen molar-refractivity contribution in [3.8, 4) is 0 Å². The van der Waals surface area contributed by atoms with Gasteiger partial charge >= 0.3 is 5.97 Å². The van der Waals surface area contributed by atoms with Crippen molar-refractivity contribution in [2.75, 3.05) is 6.61 Å². The normalized spacial score (nSPS) is 10.5. The Bertz CT molecular complexity index is 556. The molecule has 2 N–H and O–H groups in total. The van der Waals surface area contributed by atoms with Gasteiger partial charge in [0.25, 0.3) is 0 Å². The molecule has 4 nitrogen and oxygen atoms in total. The molecule has 2 aromatic rings. The van der Waals surface area contributed by atoms with Gasteiger partial charge in [-0.25, -0.2) is 4.79 Å². The molecule has 0 aliphatic rings. The molecular formula is C10H10N2O2S. The lowest BCUT2D eigenvalue weighted by molar-refractivity contribution is 0.0526. The molecule has 0 unspecified atom stereocenters. The molecule has 0 amide bonds. The van der Waals surface area contributed by atoms with Gasteiger partial charge in [-0.2, -0.15) is 0 Å². The number of hydrogen-bond acceptors (Lipinski definition) is 3. The van der Waals surface area contributed by atoms with Gasteiger partial charge in [-0.05, 0) is 37.3 Å². The summed E-state index contributed by atoms with van der Waals surface area (Å²) in [5, 5.41) is 0. The summed E-state index contributed by atoms with van der Waals surface area (Å²) in [4.78, 5) is 17.3. The zero-order valence-electron chi connectivity index (χ0n) is 8.16. The Morgan fingerprint density at radius 1 is 1.40 bits per heavy atom. The van der Waals surface area contributed by atoms with Crippen molar-refractivity contribution >= 4 is 29.2 Å². The monoisotopic (exact) mass is 222 g/mol. The van der Waals surface area contributed by atoms with Gasteiger partial charge in [0, 0.05) is 0 Å². The van der Waals surface area contributed by atoms with Crippen LogP contribution < -0.4 is 0 Å². The molecule has 1 aromatic heterocycles. The van der Waals surface area contributed by atoms with E-state index in [0.29, 0.717) is 16.9 Å². The molecule has 0 atom stereocenters. The zero-order chi connectivity index (χ0) is 10.8. The van der Waals surface area contributed by atoms with E-state index in [1.807, 2.05) is 0 Å². The summed E-state index contributed by atoms with van der Waals surface area (Å²) in [5.41, 5.74) is 2.22. The molecule has 5 heteroatoms. The fraction of sp³-hybridized carbons (Fsp3) is 0.200. The highest BCUT2D eigenvalue weighted by molar-refractivity contribution is 7.71. The topological polar surface area (TPSA) is 57.9 Å². The van der Waals surface area contributed by atoms with E-state index in [-0.39, 0.29) is 5.97 Å². The number of H-pyrrole nitrogens is 2. The van der Waals surface area contributed by atoms with Gasteiger partial charge in [0.05, 0.1) is 23.2 Å². The van der Waals surface area contributed by atoms with Gasteiger partial charge in [0.15, 0.2) is 4.77 Å². The van der Waals surface area contributed by atoms with Crippen molar-refractivity contribution in [3.05, 3.63) is 28.5 Å². The predicted octanol–water partition coefficient (Wildman–Crippen LogP) is 2.40. The van der Waals surface area contributed by atoms with Crippen LogP contribution in [-0.2, 0) is 4.74 Å². The Kier molecular flexibility index (Phi) is 2.55. The van der Waals surface area contributed by atoms with Gasteiger partial charge in [-0.1, -0.05) is 0 Å². The van der Waals surface area contributed by atoms with Gasteiger partial charge < -0.3 is 14.7 Å². The van der Waals surface area contributed by atoms with Crippen molar-refractivity contribution in [1.82, 2.24) is 9.97 Å². The van der Waals surface area contributed by atoms with Crippen LogP contribution in [0.4, 0.5) is 0 Å². The molecule has 0 aliphatic carbocycles. The van der Waals surface area contributed by atoms with E-state index in [2.05, 4.69) is 9.97 Å². The van der Waals surface area contributed by atoms with E-state index in [1.54, 1.807) is 25.1 Å². The maximum atomic E-state index is 11.4. The maximum absolute atomic E-state index is 11.4. The number of ether oxygens (including phenoxy) is 1. The maximum Gasteiger partial charge on any atom is 0.338 e. The average molecular weight is 222 g/mol. The molecular weight excluding hydrogens is 212 g/mol. The second kappa shape index (κ2) is 3.86. The number of imidazole rings is 1. The summed E-state index contributed by atoms with van der Waals surface area (Å²) in [5.74, 6) is -0.320. The van der Waals surface area contributed by atoms with E-state index in [9.17, 15) is 4.79 Å². The van der Waals surface area contributed by atoms with Crippen LogP contribution in [0.1, 0.15) is 17.3 Å². The van der Waals surface area contributed by atoms with Crippen LogP contribution in [0.2, 0.25) is 0 Å². The Labute approximate surface area is 91.3 Å². The zero-order valence-corrected chi connectivity index (χ0v) is 8.98. The fourth-order valence-electron chi connectivity index (χ4n) is 1.37. The van der Waals surface area contributed by atoms with E-state index in [1.165, 1.54) is 0 Å². The number of hydrogen-bond donors (Lipinski definition) is 2. The number of aromatic amines is 2. The number of carbonyl (C=O) groups is 1. The van der Waals surface area contributed by atoms with Gasteiger partial charge in [-0.15, -0.1) is 0 Å². The Balaban J connectivity index is 2.46. The van der Waals surface area contributed by atoms with Gasteiger partial charge in [0.2, 0.25) is 0 Å². The first-order valence-electron chi connectivity index (χ1n) is 4.60. The van der Waals surface area contributed by atoms with Crippen molar-refractivity contribution < 1.29 is 9.53 Å². The molecule has 0 bridgehead atoms. The molecule has 0 fully saturated rings. The summed E-state index contributed by atoms with van der Waals surface area (Å²) in [7, 11) is 0. The van der Waals surface area contributed by atoms with E-state index in [4.69, 9.17) is 17.0 Å². The third-order valence-electron chi connectivity index (χ3n) is 2.03. The molecule has 1 heterocycles. The predicted molar refractivity (Wildman–Crippen MR) is 59.4 cm³/mol. The van der Waals surface area contributed by atoms with Crippen molar-refractivity contribution in [2.24, 2.45) is 0 Å². The highest BCUT2D eigenvalue weighted by atomic mass is 32.1. The lowest BCUT2D eigenvalue weighted by Crippen LogP contribution is -2.04. The molecule has 0 aliphatic heterocycles. The molecule has 0 saturated heterocycles. The number of esters is 1.